The van der Waals surface area contributed by atoms with Gasteiger partial charge in [-0.3, -0.25) is 10.1 Å². The van der Waals surface area contributed by atoms with Crippen LogP contribution < -0.4 is 5.32 Å². The number of anilines is 1. The molecule has 0 unspecified atom stereocenters. The van der Waals surface area contributed by atoms with E-state index < -0.39 is 0 Å². The fraction of sp³-hybridized carbons (Fsp3) is 0. The summed E-state index contributed by atoms with van der Waals surface area (Å²) in [5, 5.41) is 2.66. The first-order chi connectivity index (χ1) is 7.77. The summed E-state index contributed by atoms with van der Waals surface area (Å²) in [6, 6.07) is 4.87. The van der Waals surface area contributed by atoms with Crippen LogP contribution in [0.4, 0.5) is 5.95 Å². The van der Waals surface area contributed by atoms with Gasteiger partial charge in [-0.15, -0.1) is 0 Å². The highest BCUT2D eigenvalue weighted by molar-refractivity contribution is 6.33. The first kappa shape index (κ1) is 10.5. The Bertz CT molecular complexity index is 503. The molecule has 0 saturated heterocycles. The molecule has 0 fully saturated rings. The molecular weight excluding hydrogens is 228 g/mol. The second-order valence-corrected chi connectivity index (χ2v) is 3.23. The molecule has 0 aliphatic carbocycles. The fourth-order valence-electron chi connectivity index (χ4n) is 1.09. The number of nitrogens with one attached hydrogen (secondary N) is 1. The molecule has 80 valence electrons. The molecule has 0 aliphatic rings. The van der Waals surface area contributed by atoms with Crippen molar-refractivity contribution in [1.29, 1.82) is 0 Å². The topological polar surface area (TPSA) is 67.8 Å². The van der Waals surface area contributed by atoms with Crippen molar-refractivity contribution in [2.45, 2.75) is 0 Å². The Morgan fingerprint density at radius 3 is 2.50 bits per heavy atom. The lowest BCUT2D eigenvalue weighted by Gasteiger charge is -2.03. The second-order valence-electron chi connectivity index (χ2n) is 2.87. The molecule has 2 aromatic rings. The predicted octanol–water partition coefficient (Wildman–Crippen LogP) is 1.78. The van der Waals surface area contributed by atoms with Crippen molar-refractivity contribution in [2.24, 2.45) is 0 Å². The number of rotatable bonds is 2. The van der Waals surface area contributed by atoms with E-state index in [1.54, 1.807) is 18.2 Å². The van der Waals surface area contributed by atoms with E-state index in [0.29, 0.717) is 0 Å². The Morgan fingerprint density at radius 1 is 1.12 bits per heavy atom. The fourth-order valence-corrected chi connectivity index (χ4v) is 1.29. The molecule has 0 aliphatic heterocycles. The van der Waals surface area contributed by atoms with Crippen molar-refractivity contribution in [1.82, 2.24) is 15.0 Å². The van der Waals surface area contributed by atoms with Gasteiger partial charge in [-0.2, -0.15) is 0 Å². The lowest BCUT2D eigenvalue weighted by Crippen LogP contribution is -2.14. The van der Waals surface area contributed by atoms with Gasteiger partial charge in [-0.1, -0.05) is 11.6 Å². The van der Waals surface area contributed by atoms with E-state index in [1.165, 1.54) is 18.6 Å². The number of carbonyl (C=O) groups is 1. The van der Waals surface area contributed by atoms with E-state index in [1.807, 2.05) is 0 Å². The Kier molecular flexibility index (Phi) is 3.07. The summed E-state index contributed by atoms with van der Waals surface area (Å²) in [6.07, 6.45) is 4.58. The van der Waals surface area contributed by atoms with E-state index >= 15 is 0 Å². The molecule has 5 nitrogen and oxygen atoms in total. The molecule has 0 spiro atoms. The molecule has 1 amide bonds. The molecule has 2 aromatic heterocycles. The maximum atomic E-state index is 11.7. The maximum absolute atomic E-state index is 11.7. The van der Waals surface area contributed by atoms with Crippen molar-refractivity contribution in [3.8, 4) is 0 Å². The van der Waals surface area contributed by atoms with Gasteiger partial charge in [0.05, 0.1) is 5.56 Å². The third kappa shape index (κ3) is 2.32. The molecule has 2 heterocycles. The number of amides is 1. The highest BCUT2D eigenvalue weighted by atomic mass is 35.5. The minimum absolute atomic E-state index is 0.149. The molecule has 2 rings (SSSR count). The quantitative estimate of drug-likeness (QED) is 0.805. The molecule has 0 aromatic carbocycles. The molecule has 1 N–H and O–H groups in total. The van der Waals surface area contributed by atoms with Gasteiger partial charge in [-0.05, 0) is 18.2 Å². The third-order valence-electron chi connectivity index (χ3n) is 1.79. The minimum atomic E-state index is -0.385. The smallest absolute Gasteiger partial charge is 0.261 e. The summed E-state index contributed by atoms with van der Waals surface area (Å²) < 4.78 is 0. The van der Waals surface area contributed by atoms with Crippen LogP contribution in [0.25, 0.3) is 0 Å². The van der Waals surface area contributed by atoms with Gasteiger partial charge >= 0.3 is 0 Å². The van der Waals surface area contributed by atoms with Crippen LogP contribution in [-0.2, 0) is 0 Å². The van der Waals surface area contributed by atoms with Crippen molar-refractivity contribution in [3.05, 3.63) is 47.5 Å². The zero-order valence-electron chi connectivity index (χ0n) is 8.09. The lowest BCUT2D eigenvalue weighted by atomic mass is 10.3. The van der Waals surface area contributed by atoms with Crippen LogP contribution >= 0.6 is 11.6 Å². The zero-order valence-corrected chi connectivity index (χ0v) is 8.85. The van der Waals surface area contributed by atoms with E-state index in [4.69, 9.17) is 11.6 Å². The number of carbonyl (C=O) groups excluding carboxylic acids is 1. The van der Waals surface area contributed by atoms with E-state index in [0.717, 1.165) is 0 Å². The van der Waals surface area contributed by atoms with Crippen LogP contribution in [0.5, 0.6) is 0 Å². The monoisotopic (exact) mass is 234 g/mol. The number of pyridine rings is 1. The molecule has 0 saturated carbocycles. The number of hydrogen-bond donors (Lipinski definition) is 1. The number of halogens is 1. The van der Waals surface area contributed by atoms with Gasteiger partial charge in [0.2, 0.25) is 5.95 Å². The Balaban J connectivity index is 2.19. The second kappa shape index (κ2) is 4.67. The first-order valence-electron chi connectivity index (χ1n) is 4.46. The summed E-state index contributed by atoms with van der Waals surface area (Å²) in [5.41, 5.74) is 0.289. The first-order valence-corrected chi connectivity index (χ1v) is 4.84. The van der Waals surface area contributed by atoms with E-state index in [9.17, 15) is 4.79 Å². The number of hydrogen-bond acceptors (Lipinski definition) is 4. The van der Waals surface area contributed by atoms with Gasteiger partial charge in [0.15, 0.2) is 0 Å². The summed E-state index contributed by atoms with van der Waals surface area (Å²) in [6.45, 7) is 0. The number of nitrogens with zero attached hydrogens (tertiary/aromatic N) is 3. The largest absolute Gasteiger partial charge is 0.290 e. The highest BCUT2D eigenvalue weighted by Gasteiger charge is 2.11. The molecule has 6 heteroatoms. The number of aromatic nitrogens is 3. The average molecular weight is 235 g/mol. The van der Waals surface area contributed by atoms with Crippen LogP contribution in [-0.4, -0.2) is 20.9 Å². The maximum Gasteiger partial charge on any atom is 0.261 e. The van der Waals surface area contributed by atoms with Crippen LogP contribution in [0.1, 0.15) is 10.4 Å². The molecular formula is C10H7ClN4O. The Hall–Kier alpha value is -2.01. The summed E-state index contributed by atoms with van der Waals surface area (Å²) in [4.78, 5) is 23.3. The molecule has 0 radical (unpaired) electrons. The predicted molar refractivity (Wildman–Crippen MR) is 59.2 cm³/mol. The lowest BCUT2D eigenvalue weighted by molar-refractivity contribution is 0.102. The van der Waals surface area contributed by atoms with Gasteiger partial charge in [0, 0.05) is 18.6 Å². The summed E-state index contributed by atoms with van der Waals surface area (Å²) in [5.74, 6) is -0.156. The van der Waals surface area contributed by atoms with Crippen molar-refractivity contribution >= 4 is 23.5 Å². The van der Waals surface area contributed by atoms with Crippen LogP contribution in [0, 0.1) is 0 Å². The van der Waals surface area contributed by atoms with Crippen molar-refractivity contribution in [3.63, 3.8) is 0 Å². The van der Waals surface area contributed by atoms with Gasteiger partial charge < -0.3 is 0 Å². The molecule has 16 heavy (non-hydrogen) atoms. The van der Waals surface area contributed by atoms with E-state index in [2.05, 4.69) is 20.3 Å². The Labute approximate surface area is 96.5 Å². The van der Waals surface area contributed by atoms with Crippen LogP contribution in [0.15, 0.2) is 36.8 Å². The van der Waals surface area contributed by atoms with Crippen LogP contribution in [0.2, 0.25) is 5.15 Å². The van der Waals surface area contributed by atoms with Crippen molar-refractivity contribution < 1.29 is 4.79 Å². The van der Waals surface area contributed by atoms with Gasteiger partial charge in [0.1, 0.15) is 5.15 Å². The van der Waals surface area contributed by atoms with Gasteiger partial charge in [-0.25, -0.2) is 15.0 Å². The molecule has 0 atom stereocenters. The zero-order chi connectivity index (χ0) is 11.4. The average Bonchev–Trinajstić information content (AvgIpc) is 2.31. The molecule has 0 bridgehead atoms. The minimum Gasteiger partial charge on any atom is -0.290 e. The SMILES string of the molecule is O=C(Nc1ncccn1)c1cccnc1Cl. The Morgan fingerprint density at radius 2 is 1.81 bits per heavy atom. The van der Waals surface area contributed by atoms with Crippen molar-refractivity contribution in [2.75, 3.05) is 5.32 Å². The van der Waals surface area contributed by atoms with E-state index in [-0.39, 0.29) is 22.6 Å². The van der Waals surface area contributed by atoms with Gasteiger partial charge in [0.25, 0.3) is 5.91 Å². The normalized spacial score (nSPS) is 9.81. The third-order valence-corrected chi connectivity index (χ3v) is 2.10. The standard InChI is InChI=1S/C10H7ClN4O/c11-8-7(3-1-4-12-8)9(16)15-10-13-5-2-6-14-10/h1-6H,(H,13,14,15,16). The summed E-state index contributed by atoms with van der Waals surface area (Å²) >= 11 is 5.77. The van der Waals surface area contributed by atoms with Crippen LogP contribution in [0.3, 0.4) is 0 Å². The summed E-state index contributed by atoms with van der Waals surface area (Å²) in [7, 11) is 0. The highest BCUT2D eigenvalue weighted by Crippen LogP contribution is 2.12.